The molecule has 0 unspecified atom stereocenters. The molecular formula is C26H37FN4O3. The van der Waals surface area contributed by atoms with Gasteiger partial charge in [-0.2, -0.15) is 9.37 Å². The lowest BCUT2D eigenvalue weighted by Gasteiger charge is -2.36. The molecule has 0 radical (unpaired) electrons. The number of hydrogen-bond acceptors (Lipinski definition) is 7. The molecule has 1 saturated carbocycles. The first-order valence-electron chi connectivity index (χ1n) is 12.4. The van der Waals surface area contributed by atoms with Gasteiger partial charge in [0.25, 0.3) is 5.88 Å². The van der Waals surface area contributed by atoms with Crippen molar-refractivity contribution in [3.63, 3.8) is 0 Å². The van der Waals surface area contributed by atoms with Gasteiger partial charge in [-0.3, -0.25) is 0 Å². The Labute approximate surface area is 202 Å². The Morgan fingerprint density at radius 3 is 2.41 bits per heavy atom. The van der Waals surface area contributed by atoms with Crippen LogP contribution in [0.2, 0.25) is 0 Å². The number of nitrogens with zero attached hydrogens (tertiary/aromatic N) is 3. The SMILES string of the molecule is CC(C)OC1CCC(COc2nc(Nc3ccc(N4C[C@@H](C)O[C@@H](C)C4)cc3)ncc2F)CC1. The van der Waals surface area contributed by atoms with Crippen molar-refractivity contribution in [1.82, 2.24) is 9.97 Å². The Morgan fingerprint density at radius 1 is 1.09 bits per heavy atom. The van der Waals surface area contributed by atoms with Gasteiger partial charge >= 0.3 is 0 Å². The molecule has 2 aliphatic rings. The molecule has 0 bridgehead atoms. The molecule has 8 heteroatoms. The maximum atomic E-state index is 14.3. The van der Waals surface area contributed by atoms with E-state index in [9.17, 15) is 4.39 Å². The molecule has 1 aliphatic heterocycles. The van der Waals surface area contributed by atoms with Crippen LogP contribution in [0.15, 0.2) is 30.5 Å². The summed E-state index contributed by atoms with van der Waals surface area (Å²) in [6.07, 6.45) is 6.21. The Morgan fingerprint density at radius 2 is 1.76 bits per heavy atom. The normalized spacial score (nSPS) is 25.4. The summed E-state index contributed by atoms with van der Waals surface area (Å²) < 4.78 is 31.8. The molecule has 1 aliphatic carbocycles. The highest BCUT2D eigenvalue weighted by Gasteiger charge is 2.24. The van der Waals surface area contributed by atoms with Crippen LogP contribution in [0.5, 0.6) is 5.88 Å². The van der Waals surface area contributed by atoms with E-state index in [-0.39, 0.29) is 24.2 Å². The minimum absolute atomic E-state index is 0.00836. The van der Waals surface area contributed by atoms with Gasteiger partial charge in [-0.25, -0.2) is 4.98 Å². The first-order chi connectivity index (χ1) is 16.4. The number of anilines is 3. The lowest BCUT2D eigenvalue weighted by atomic mass is 9.88. The zero-order valence-electron chi connectivity index (χ0n) is 20.7. The van der Waals surface area contributed by atoms with Gasteiger partial charge in [-0.15, -0.1) is 0 Å². The van der Waals surface area contributed by atoms with Crippen LogP contribution in [-0.4, -0.2) is 54.1 Å². The number of benzene rings is 1. The van der Waals surface area contributed by atoms with Crippen LogP contribution in [0.4, 0.5) is 21.7 Å². The summed E-state index contributed by atoms with van der Waals surface area (Å²) in [5.41, 5.74) is 1.98. The monoisotopic (exact) mass is 472 g/mol. The minimum Gasteiger partial charge on any atom is -0.475 e. The largest absolute Gasteiger partial charge is 0.475 e. The van der Waals surface area contributed by atoms with Crippen molar-refractivity contribution in [2.75, 3.05) is 29.9 Å². The number of halogens is 1. The van der Waals surface area contributed by atoms with E-state index in [1.807, 2.05) is 12.1 Å². The van der Waals surface area contributed by atoms with E-state index >= 15 is 0 Å². The van der Waals surface area contributed by atoms with E-state index in [1.165, 1.54) is 0 Å². The molecule has 0 spiro atoms. The second-order valence-corrected chi connectivity index (χ2v) is 9.82. The number of hydrogen-bond donors (Lipinski definition) is 1. The molecule has 2 fully saturated rings. The average molecular weight is 473 g/mol. The van der Waals surface area contributed by atoms with Crippen molar-refractivity contribution in [1.29, 1.82) is 0 Å². The van der Waals surface area contributed by atoms with Gasteiger partial charge in [0, 0.05) is 24.5 Å². The van der Waals surface area contributed by atoms with Crippen LogP contribution in [0.25, 0.3) is 0 Å². The van der Waals surface area contributed by atoms with Crippen molar-refractivity contribution >= 4 is 17.3 Å². The van der Waals surface area contributed by atoms with Crippen LogP contribution in [0.3, 0.4) is 0 Å². The number of rotatable bonds is 8. The second-order valence-electron chi connectivity index (χ2n) is 9.82. The highest BCUT2D eigenvalue weighted by molar-refractivity contribution is 5.59. The van der Waals surface area contributed by atoms with Crippen LogP contribution in [0.1, 0.15) is 53.4 Å². The number of morpholine rings is 1. The van der Waals surface area contributed by atoms with Crippen LogP contribution < -0.4 is 15.0 Å². The Hall–Kier alpha value is -2.45. The quantitative estimate of drug-likeness (QED) is 0.556. The third kappa shape index (κ3) is 6.79. The van der Waals surface area contributed by atoms with Gasteiger partial charge in [-0.1, -0.05) is 0 Å². The van der Waals surface area contributed by atoms with Crippen molar-refractivity contribution < 1.29 is 18.6 Å². The molecule has 2 heterocycles. The van der Waals surface area contributed by atoms with Crippen LogP contribution in [-0.2, 0) is 9.47 Å². The molecule has 2 aromatic rings. The third-order valence-electron chi connectivity index (χ3n) is 6.33. The van der Waals surface area contributed by atoms with E-state index in [0.717, 1.165) is 56.3 Å². The minimum atomic E-state index is -0.548. The van der Waals surface area contributed by atoms with Gasteiger partial charge < -0.3 is 24.4 Å². The van der Waals surface area contributed by atoms with E-state index in [0.29, 0.717) is 24.6 Å². The van der Waals surface area contributed by atoms with Gasteiger partial charge in [-0.05, 0) is 83.6 Å². The smallest absolute Gasteiger partial charge is 0.255 e. The number of nitrogens with one attached hydrogen (secondary N) is 1. The molecule has 1 N–H and O–H groups in total. The van der Waals surface area contributed by atoms with Gasteiger partial charge in [0.15, 0.2) is 0 Å². The molecule has 2 atom stereocenters. The first kappa shape index (κ1) is 24.7. The van der Waals surface area contributed by atoms with Crippen molar-refractivity contribution in [3.05, 3.63) is 36.3 Å². The van der Waals surface area contributed by atoms with Crippen molar-refractivity contribution in [2.45, 2.75) is 77.8 Å². The topological polar surface area (TPSA) is 68.7 Å². The Balaban J connectivity index is 1.31. The van der Waals surface area contributed by atoms with Gasteiger partial charge in [0.1, 0.15) is 0 Å². The number of aromatic nitrogens is 2. The summed E-state index contributed by atoms with van der Waals surface area (Å²) in [7, 11) is 0. The molecule has 1 aromatic heterocycles. The zero-order valence-corrected chi connectivity index (χ0v) is 20.7. The van der Waals surface area contributed by atoms with E-state index in [4.69, 9.17) is 14.2 Å². The summed E-state index contributed by atoms with van der Waals surface area (Å²) >= 11 is 0. The van der Waals surface area contributed by atoms with Crippen molar-refractivity contribution in [2.24, 2.45) is 5.92 Å². The molecule has 4 rings (SSSR count). The zero-order chi connectivity index (χ0) is 24.1. The summed E-state index contributed by atoms with van der Waals surface area (Å²) in [6, 6.07) is 8.08. The molecule has 186 valence electrons. The first-order valence-corrected chi connectivity index (χ1v) is 12.4. The van der Waals surface area contributed by atoms with E-state index < -0.39 is 5.82 Å². The fourth-order valence-electron chi connectivity index (χ4n) is 4.80. The second kappa shape index (κ2) is 11.3. The lowest BCUT2D eigenvalue weighted by Crippen LogP contribution is -2.45. The molecule has 7 nitrogen and oxygen atoms in total. The highest BCUT2D eigenvalue weighted by atomic mass is 19.1. The maximum Gasteiger partial charge on any atom is 0.255 e. The van der Waals surface area contributed by atoms with Gasteiger partial charge in [0.05, 0.1) is 37.2 Å². The number of ether oxygens (including phenoxy) is 3. The Bertz CT molecular complexity index is 909. The Kier molecular flexibility index (Phi) is 8.21. The fraction of sp³-hybridized carbons (Fsp3) is 0.615. The summed E-state index contributed by atoms with van der Waals surface area (Å²) in [5.74, 6) is 0.141. The predicted octanol–water partition coefficient (Wildman–Crippen LogP) is 5.34. The lowest BCUT2D eigenvalue weighted by molar-refractivity contribution is -0.0231. The molecule has 34 heavy (non-hydrogen) atoms. The molecule has 0 amide bonds. The fourth-order valence-corrected chi connectivity index (χ4v) is 4.80. The van der Waals surface area contributed by atoms with Gasteiger partial charge in [0.2, 0.25) is 11.8 Å². The summed E-state index contributed by atoms with van der Waals surface area (Å²) in [6.45, 7) is 10.5. The molecule has 1 aromatic carbocycles. The van der Waals surface area contributed by atoms with Crippen LogP contribution >= 0.6 is 0 Å². The third-order valence-corrected chi connectivity index (χ3v) is 6.33. The van der Waals surface area contributed by atoms with E-state index in [2.05, 4.69) is 60.0 Å². The predicted molar refractivity (Wildman–Crippen MR) is 131 cm³/mol. The van der Waals surface area contributed by atoms with Crippen LogP contribution in [0, 0.1) is 11.7 Å². The maximum absolute atomic E-state index is 14.3. The summed E-state index contributed by atoms with van der Waals surface area (Å²) in [5, 5.41) is 3.15. The van der Waals surface area contributed by atoms with E-state index in [1.54, 1.807) is 0 Å². The molecule has 1 saturated heterocycles. The molecular weight excluding hydrogens is 435 g/mol. The standard InChI is InChI=1S/C26H37FN4O3/c1-17(2)33-23-11-5-20(6-12-23)16-32-25-24(27)13-28-26(30-25)29-21-7-9-22(10-8-21)31-14-18(3)34-19(4)15-31/h7-10,13,17-20,23H,5-6,11-12,14-16H2,1-4H3,(H,28,29,30)/t18-,19+,20?,23?. The van der Waals surface area contributed by atoms with Crippen molar-refractivity contribution in [3.8, 4) is 5.88 Å². The highest BCUT2D eigenvalue weighted by Crippen LogP contribution is 2.28. The summed E-state index contributed by atoms with van der Waals surface area (Å²) in [4.78, 5) is 10.7. The average Bonchev–Trinajstić information content (AvgIpc) is 2.80.